The predicted molar refractivity (Wildman–Crippen MR) is 65.3 cm³/mol. The van der Waals surface area contributed by atoms with Crippen molar-refractivity contribution in [2.75, 3.05) is 18.1 Å². The molecule has 5 atom stereocenters. The average molecular weight is 257 g/mol. The van der Waals surface area contributed by atoms with E-state index in [1.807, 2.05) is 0 Å². The lowest BCUT2D eigenvalue weighted by Gasteiger charge is -2.22. The second-order valence-corrected chi connectivity index (χ2v) is 7.85. The minimum Gasteiger partial charge on any atom is -0.390 e. The van der Waals surface area contributed by atoms with E-state index < -0.39 is 15.9 Å². The molecular formula is C12H19NO3S. The fraction of sp³-hybridized carbons (Fsp3) is 0.833. The van der Waals surface area contributed by atoms with E-state index in [1.54, 1.807) is 0 Å². The summed E-state index contributed by atoms with van der Waals surface area (Å²) < 4.78 is 22.7. The zero-order valence-corrected chi connectivity index (χ0v) is 10.6. The lowest BCUT2D eigenvalue weighted by Crippen LogP contribution is -2.41. The standard InChI is InChI=1S/C12H19NO3S/c14-12-7-17(15,16)6-11(12)13-5-10-4-8-1-2-9(10)3-8/h1-2,8-14H,3-7H2/t8-,9-,10+,11-,12-/m1/s1. The fourth-order valence-electron chi connectivity index (χ4n) is 3.46. The summed E-state index contributed by atoms with van der Waals surface area (Å²) in [4.78, 5) is 0. The number of hydrogen-bond acceptors (Lipinski definition) is 4. The molecule has 96 valence electrons. The molecule has 1 heterocycles. The molecule has 3 aliphatic rings. The first-order valence-corrected chi connectivity index (χ1v) is 8.16. The van der Waals surface area contributed by atoms with Crippen molar-refractivity contribution in [1.29, 1.82) is 0 Å². The summed E-state index contributed by atoms with van der Waals surface area (Å²) in [6, 6.07) is -0.261. The Morgan fingerprint density at radius 2 is 2.06 bits per heavy atom. The van der Waals surface area contributed by atoms with Crippen molar-refractivity contribution in [3.8, 4) is 0 Å². The number of rotatable bonds is 3. The Balaban J connectivity index is 1.54. The Kier molecular flexibility index (Phi) is 2.80. The zero-order chi connectivity index (χ0) is 12.0. The maximum absolute atomic E-state index is 11.4. The fourth-order valence-corrected chi connectivity index (χ4v) is 5.23. The van der Waals surface area contributed by atoms with E-state index in [0.29, 0.717) is 11.8 Å². The Bertz CT molecular complexity index is 431. The molecule has 1 saturated heterocycles. The summed E-state index contributed by atoms with van der Waals surface area (Å²) in [5.74, 6) is 2.04. The Morgan fingerprint density at radius 3 is 2.59 bits per heavy atom. The number of aliphatic hydroxyl groups is 1. The molecular weight excluding hydrogens is 238 g/mol. The highest BCUT2D eigenvalue weighted by atomic mass is 32.2. The first-order chi connectivity index (χ1) is 8.03. The molecule has 1 aliphatic heterocycles. The molecule has 0 amide bonds. The molecule has 4 nitrogen and oxygen atoms in total. The van der Waals surface area contributed by atoms with Crippen molar-refractivity contribution >= 4 is 9.84 Å². The number of fused-ring (bicyclic) bond motifs is 2. The van der Waals surface area contributed by atoms with E-state index in [9.17, 15) is 13.5 Å². The van der Waals surface area contributed by atoms with Gasteiger partial charge < -0.3 is 10.4 Å². The minimum absolute atomic E-state index is 0.0821. The zero-order valence-electron chi connectivity index (χ0n) is 9.75. The molecule has 0 aromatic rings. The highest BCUT2D eigenvalue weighted by molar-refractivity contribution is 7.91. The van der Waals surface area contributed by atoms with Crippen LogP contribution in [0.3, 0.4) is 0 Å². The van der Waals surface area contributed by atoms with Gasteiger partial charge in [-0.15, -0.1) is 0 Å². The molecule has 1 saturated carbocycles. The maximum Gasteiger partial charge on any atom is 0.154 e. The van der Waals surface area contributed by atoms with E-state index >= 15 is 0 Å². The number of nitrogens with one attached hydrogen (secondary N) is 1. The third-order valence-corrected chi connectivity index (χ3v) is 6.10. The van der Waals surface area contributed by atoms with Gasteiger partial charge in [0.2, 0.25) is 0 Å². The van der Waals surface area contributed by atoms with Gasteiger partial charge in [0.05, 0.1) is 17.6 Å². The Hall–Kier alpha value is -0.390. The van der Waals surface area contributed by atoms with E-state index in [1.165, 1.54) is 12.8 Å². The predicted octanol–water partition coefficient (Wildman–Crippen LogP) is -0.0539. The maximum atomic E-state index is 11.4. The third-order valence-electron chi connectivity index (χ3n) is 4.38. The average Bonchev–Trinajstić information content (AvgIpc) is 2.89. The quantitative estimate of drug-likeness (QED) is 0.696. The largest absolute Gasteiger partial charge is 0.390 e. The first-order valence-electron chi connectivity index (χ1n) is 6.34. The van der Waals surface area contributed by atoms with E-state index in [2.05, 4.69) is 17.5 Å². The summed E-state index contributed by atoms with van der Waals surface area (Å²) in [7, 11) is -3.03. The molecule has 2 N–H and O–H groups in total. The summed E-state index contributed by atoms with van der Waals surface area (Å²) in [6.07, 6.45) is 6.34. The molecule has 2 fully saturated rings. The SMILES string of the molecule is O=S1(=O)C[C@@H](O)[C@H](NC[C@@H]2C[C@@H]3C=C[C@@H]2C3)C1. The smallest absolute Gasteiger partial charge is 0.154 e. The van der Waals surface area contributed by atoms with Gasteiger partial charge in [-0.25, -0.2) is 8.42 Å². The molecule has 0 spiro atoms. The summed E-state index contributed by atoms with van der Waals surface area (Å²) in [5, 5.41) is 12.9. The van der Waals surface area contributed by atoms with Gasteiger partial charge in [0, 0.05) is 6.04 Å². The highest BCUT2D eigenvalue weighted by Gasteiger charge is 2.39. The monoisotopic (exact) mass is 257 g/mol. The molecule has 3 rings (SSSR count). The van der Waals surface area contributed by atoms with E-state index in [0.717, 1.165) is 12.5 Å². The number of allylic oxidation sites excluding steroid dienone is 2. The summed E-state index contributed by atoms with van der Waals surface area (Å²) >= 11 is 0. The lowest BCUT2D eigenvalue weighted by atomic mass is 9.93. The second-order valence-electron chi connectivity index (χ2n) is 5.70. The van der Waals surface area contributed by atoms with Crippen molar-refractivity contribution in [3.63, 3.8) is 0 Å². The van der Waals surface area contributed by atoms with Crippen LogP contribution >= 0.6 is 0 Å². The van der Waals surface area contributed by atoms with Crippen LogP contribution in [-0.4, -0.2) is 43.7 Å². The van der Waals surface area contributed by atoms with Crippen LogP contribution in [0.4, 0.5) is 0 Å². The van der Waals surface area contributed by atoms with Gasteiger partial charge in [0.1, 0.15) is 0 Å². The van der Waals surface area contributed by atoms with E-state index in [4.69, 9.17) is 0 Å². The molecule has 2 aliphatic carbocycles. The van der Waals surface area contributed by atoms with Crippen molar-refractivity contribution in [1.82, 2.24) is 5.32 Å². The van der Waals surface area contributed by atoms with Crippen LogP contribution in [0.2, 0.25) is 0 Å². The van der Waals surface area contributed by atoms with E-state index in [-0.39, 0.29) is 17.5 Å². The number of hydrogen-bond donors (Lipinski definition) is 2. The molecule has 0 unspecified atom stereocenters. The van der Waals surface area contributed by atoms with Crippen molar-refractivity contribution in [2.24, 2.45) is 17.8 Å². The topological polar surface area (TPSA) is 66.4 Å². The van der Waals surface area contributed by atoms with Gasteiger partial charge >= 0.3 is 0 Å². The molecule has 0 aromatic heterocycles. The Morgan fingerprint density at radius 1 is 1.24 bits per heavy atom. The van der Waals surface area contributed by atoms with Crippen molar-refractivity contribution in [2.45, 2.75) is 25.0 Å². The van der Waals surface area contributed by atoms with Gasteiger partial charge in [-0.2, -0.15) is 0 Å². The van der Waals surface area contributed by atoms with Crippen LogP contribution in [0.15, 0.2) is 12.2 Å². The summed E-state index contributed by atoms with van der Waals surface area (Å²) in [6.45, 7) is 0.836. The van der Waals surface area contributed by atoms with Crippen LogP contribution < -0.4 is 5.32 Å². The first kappa shape index (κ1) is 11.7. The molecule has 5 heteroatoms. The van der Waals surface area contributed by atoms with Gasteiger partial charge in [0.15, 0.2) is 9.84 Å². The number of sulfone groups is 1. The van der Waals surface area contributed by atoms with Crippen LogP contribution in [0.1, 0.15) is 12.8 Å². The van der Waals surface area contributed by atoms with Gasteiger partial charge in [-0.1, -0.05) is 12.2 Å². The third kappa shape index (κ3) is 2.28. The van der Waals surface area contributed by atoms with Crippen LogP contribution in [0, 0.1) is 17.8 Å². The van der Waals surface area contributed by atoms with Crippen LogP contribution in [-0.2, 0) is 9.84 Å². The number of aliphatic hydroxyl groups excluding tert-OH is 1. The van der Waals surface area contributed by atoms with Gasteiger partial charge in [0.25, 0.3) is 0 Å². The lowest BCUT2D eigenvalue weighted by molar-refractivity contribution is 0.162. The van der Waals surface area contributed by atoms with Crippen molar-refractivity contribution in [3.05, 3.63) is 12.2 Å². The summed E-state index contributed by atoms with van der Waals surface area (Å²) in [5.41, 5.74) is 0. The highest BCUT2D eigenvalue weighted by Crippen LogP contribution is 2.43. The van der Waals surface area contributed by atoms with Crippen molar-refractivity contribution < 1.29 is 13.5 Å². The molecule has 0 radical (unpaired) electrons. The molecule has 17 heavy (non-hydrogen) atoms. The minimum atomic E-state index is -3.03. The second kappa shape index (κ2) is 4.07. The molecule has 2 bridgehead atoms. The van der Waals surface area contributed by atoms with Gasteiger partial charge in [-0.3, -0.25) is 0 Å². The van der Waals surface area contributed by atoms with Gasteiger partial charge in [-0.05, 0) is 37.1 Å². The Labute approximate surface area is 102 Å². The van der Waals surface area contributed by atoms with Crippen LogP contribution in [0.5, 0.6) is 0 Å². The van der Waals surface area contributed by atoms with Crippen LogP contribution in [0.25, 0.3) is 0 Å². The normalized spacial score (nSPS) is 46.8. The molecule has 0 aromatic carbocycles.